The van der Waals surface area contributed by atoms with Crippen LogP contribution in [0.4, 0.5) is 5.69 Å². The molecule has 0 aromatic heterocycles. The van der Waals surface area contributed by atoms with Crippen LogP contribution in [-0.4, -0.2) is 17.0 Å². The largest absolute Gasteiger partial charge is 0.478 e. The van der Waals surface area contributed by atoms with Crippen LogP contribution < -0.4 is 5.32 Å². The van der Waals surface area contributed by atoms with E-state index in [0.29, 0.717) is 11.3 Å². The van der Waals surface area contributed by atoms with Crippen LogP contribution in [0.2, 0.25) is 0 Å². The van der Waals surface area contributed by atoms with Gasteiger partial charge in [-0.3, -0.25) is 4.79 Å². The maximum atomic E-state index is 12.2. The number of aromatic carboxylic acids is 1. The zero-order chi connectivity index (χ0) is 15.4. The van der Waals surface area contributed by atoms with Crippen molar-refractivity contribution in [2.24, 2.45) is 0 Å². The van der Waals surface area contributed by atoms with E-state index in [4.69, 9.17) is 0 Å². The molecule has 1 amide bonds. The van der Waals surface area contributed by atoms with E-state index in [9.17, 15) is 14.7 Å². The van der Waals surface area contributed by atoms with Crippen molar-refractivity contribution in [3.05, 3.63) is 64.7 Å². The molecule has 0 aliphatic carbocycles. The Kier molecular flexibility index (Phi) is 4.38. The number of nitrogens with one attached hydrogen (secondary N) is 1. The molecule has 0 spiro atoms. The van der Waals surface area contributed by atoms with E-state index in [2.05, 4.69) is 5.32 Å². The standard InChI is InChI=1S/C17H17NO3/c1-3-12-5-7-13(8-6-12)16(19)18-15-9-4-11(2)10-14(15)17(20)21/h4-10H,3H2,1-2H3,(H,18,19)(H,20,21). The van der Waals surface area contributed by atoms with Gasteiger partial charge in [0.2, 0.25) is 0 Å². The summed E-state index contributed by atoms with van der Waals surface area (Å²) in [5.41, 5.74) is 2.88. The fourth-order valence-corrected chi connectivity index (χ4v) is 2.03. The summed E-state index contributed by atoms with van der Waals surface area (Å²) >= 11 is 0. The van der Waals surface area contributed by atoms with Crippen LogP contribution in [-0.2, 0) is 6.42 Å². The molecule has 0 fully saturated rings. The first-order valence-electron chi connectivity index (χ1n) is 6.75. The highest BCUT2D eigenvalue weighted by Gasteiger charge is 2.13. The lowest BCUT2D eigenvalue weighted by atomic mass is 10.1. The number of carbonyl (C=O) groups excluding carboxylic acids is 1. The number of rotatable bonds is 4. The molecule has 0 aliphatic heterocycles. The van der Waals surface area contributed by atoms with Crippen molar-refractivity contribution >= 4 is 17.6 Å². The molecular formula is C17H17NO3. The first-order valence-corrected chi connectivity index (χ1v) is 6.75. The van der Waals surface area contributed by atoms with E-state index in [0.717, 1.165) is 17.5 Å². The molecule has 108 valence electrons. The molecule has 0 aliphatic rings. The molecule has 0 unspecified atom stereocenters. The Labute approximate surface area is 123 Å². The monoisotopic (exact) mass is 283 g/mol. The van der Waals surface area contributed by atoms with Gasteiger partial charge in [0, 0.05) is 5.56 Å². The average Bonchev–Trinajstić information content (AvgIpc) is 2.49. The second-order valence-electron chi connectivity index (χ2n) is 4.86. The minimum absolute atomic E-state index is 0.0912. The summed E-state index contributed by atoms with van der Waals surface area (Å²) in [4.78, 5) is 23.4. The maximum Gasteiger partial charge on any atom is 0.337 e. The molecule has 2 N–H and O–H groups in total. The van der Waals surface area contributed by atoms with Crippen LogP contribution in [0.25, 0.3) is 0 Å². The van der Waals surface area contributed by atoms with Gasteiger partial charge in [-0.25, -0.2) is 4.79 Å². The number of carboxylic acids is 1. The van der Waals surface area contributed by atoms with Crippen LogP contribution in [0.5, 0.6) is 0 Å². The Hall–Kier alpha value is -2.62. The fraction of sp³-hybridized carbons (Fsp3) is 0.176. The van der Waals surface area contributed by atoms with Crippen molar-refractivity contribution in [1.82, 2.24) is 0 Å². The Morgan fingerprint density at radius 3 is 2.33 bits per heavy atom. The number of hydrogen-bond acceptors (Lipinski definition) is 2. The second kappa shape index (κ2) is 6.22. The van der Waals surface area contributed by atoms with Crippen molar-refractivity contribution in [3.8, 4) is 0 Å². The zero-order valence-corrected chi connectivity index (χ0v) is 12.0. The summed E-state index contributed by atoms with van der Waals surface area (Å²) in [6.07, 6.45) is 0.906. The molecule has 2 rings (SSSR count). The van der Waals surface area contributed by atoms with E-state index >= 15 is 0 Å². The summed E-state index contributed by atoms with van der Waals surface area (Å²) in [5, 5.41) is 11.8. The molecule has 0 atom stereocenters. The van der Waals surface area contributed by atoms with Crippen molar-refractivity contribution < 1.29 is 14.7 Å². The highest BCUT2D eigenvalue weighted by Crippen LogP contribution is 2.18. The van der Waals surface area contributed by atoms with E-state index in [1.807, 2.05) is 26.0 Å². The van der Waals surface area contributed by atoms with E-state index in [-0.39, 0.29) is 11.5 Å². The minimum atomic E-state index is -1.06. The van der Waals surface area contributed by atoms with Gasteiger partial charge in [0.15, 0.2) is 0 Å². The Bertz CT molecular complexity index is 675. The SMILES string of the molecule is CCc1ccc(C(=O)Nc2ccc(C)cc2C(=O)O)cc1. The number of carboxylic acid groups (broad SMARTS) is 1. The van der Waals surface area contributed by atoms with Gasteiger partial charge in [0.1, 0.15) is 0 Å². The third-order valence-corrected chi connectivity index (χ3v) is 3.28. The Morgan fingerprint density at radius 2 is 1.76 bits per heavy atom. The molecule has 4 heteroatoms. The fourth-order valence-electron chi connectivity index (χ4n) is 2.03. The highest BCUT2D eigenvalue weighted by molar-refractivity contribution is 6.07. The van der Waals surface area contributed by atoms with E-state index in [1.165, 1.54) is 6.07 Å². The average molecular weight is 283 g/mol. The van der Waals surface area contributed by atoms with Crippen molar-refractivity contribution in [3.63, 3.8) is 0 Å². The van der Waals surface area contributed by atoms with Gasteiger partial charge in [0.25, 0.3) is 5.91 Å². The summed E-state index contributed by atoms with van der Waals surface area (Å²) < 4.78 is 0. The second-order valence-corrected chi connectivity index (χ2v) is 4.86. The van der Waals surface area contributed by atoms with Crippen molar-refractivity contribution in [2.75, 3.05) is 5.32 Å². The summed E-state index contributed by atoms with van der Waals surface area (Å²) in [7, 11) is 0. The van der Waals surface area contributed by atoms with Gasteiger partial charge in [0.05, 0.1) is 11.3 Å². The number of aryl methyl sites for hydroxylation is 2. The van der Waals surface area contributed by atoms with Gasteiger partial charge in [-0.15, -0.1) is 0 Å². The molecule has 2 aromatic carbocycles. The smallest absolute Gasteiger partial charge is 0.337 e. The summed E-state index contributed by atoms with van der Waals surface area (Å²) in [6.45, 7) is 3.85. The number of amides is 1. The number of carbonyl (C=O) groups is 2. The number of hydrogen-bond donors (Lipinski definition) is 2. The number of anilines is 1. The molecule has 0 radical (unpaired) electrons. The van der Waals surface area contributed by atoms with Gasteiger partial charge in [-0.2, -0.15) is 0 Å². The normalized spacial score (nSPS) is 10.2. The molecule has 0 heterocycles. The lowest BCUT2D eigenvalue weighted by Gasteiger charge is -2.09. The quantitative estimate of drug-likeness (QED) is 0.902. The molecule has 0 saturated carbocycles. The highest BCUT2D eigenvalue weighted by atomic mass is 16.4. The maximum absolute atomic E-state index is 12.2. The van der Waals surface area contributed by atoms with Crippen molar-refractivity contribution in [1.29, 1.82) is 0 Å². The van der Waals surface area contributed by atoms with Crippen molar-refractivity contribution in [2.45, 2.75) is 20.3 Å². The summed E-state index contributed by atoms with van der Waals surface area (Å²) in [5.74, 6) is -1.38. The minimum Gasteiger partial charge on any atom is -0.478 e. The van der Waals surface area contributed by atoms with Crippen LogP contribution in [0.1, 0.15) is 38.8 Å². The molecule has 21 heavy (non-hydrogen) atoms. The predicted octanol–water partition coefficient (Wildman–Crippen LogP) is 3.51. The van der Waals surface area contributed by atoms with Gasteiger partial charge < -0.3 is 10.4 Å². The molecular weight excluding hydrogens is 266 g/mol. The molecule has 2 aromatic rings. The van der Waals surface area contributed by atoms with Crippen LogP contribution in [0, 0.1) is 6.92 Å². The zero-order valence-electron chi connectivity index (χ0n) is 12.0. The molecule has 0 saturated heterocycles. The lowest BCUT2D eigenvalue weighted by Crippen LogP contribution is -2.15. The van der Waals surface area contributed by atoms with Crippen LogP contribution >= 0.6 is 0 Å². The molecule has 4 nitrogen and oxygen atoms in total. The van der Waals surface area contributed by atoms with Gasteiger partial charge in [-0.05, 0) is 43.2 Å². The third kappa shape index (κ3) is 3.48. The Morgan fingerprint density at radius 1 is 1.10 bits per heavy atom. The third-order valence-electron chi connectivity index (χ3n) is 3.28. The predicted molar refractivity (Wildman–Crippen MR) is 81.9 cm³/mol. The Balaban J connectivity index is 2.24. The first kappa shape index (κ1) is 14.8. The number of benzene rings is 2. The summed E-state index contributed by atoms with van der Waals surface area (Å²) in [6, 6.07) is 12.2. The molecule has 0 bridgehead atoms. The van der Waals surface area contributed by atoms with Crippen LogP contribution in [0.3, 0.4) is 0 Å². The van der Waals surface area contributed by atoms with Crippen LogP contribution in [0.15, 0.2) is 42.5 Å². The van der Waals surface area contributed by atoms with E-state index in [1.54, 1.807) is 24.3 Å². The first-order chi connectivity index (χ1) is 10.0. The van der Waals surface area contributed by atoms with Gasteiger partial charge >= 0.3 is 5.97 Å². The van der Waals surface area contributed by atoms with E-state index < -0.39 is 5.97 Å². The van der Waals surface area contributed by atoms with Gasteiger partial charge in [-0.1, -0.05) is 30.7 Å². The topological polar surface area (TPSA) is 66.4 Å². The lowest BCUT2D eigenvalue weighted by molar-refractivity contribution is 0.0698.